The summed E-state index contributed by atoms with van der Waals surface area (Å²) in [5, 5.41) is 13.7. The van der Waals surface area contributed by atoms with E-state index in [-0.39, 0.29) is 5.75 Å². The lowest BCUT2D eigenvalue weighted by Gasteiger charge is -2.20. The van der Waals surface area contributed by atoms with E-state index in [1.807, 2.05) is 22.9 Å². The summed E-state index contributed by atoms with van der Waals surface area (Å²) >= 11 is 0. The highest BCUT2D eigenvalue weighted by molar-refractivity contribution is 5.96. The van der Waals surface area contributed by atoms with E-state index < -0.39 is 0 Å². The first-order valence-electron chi connectivity index (χ1n) is 8.31. The number of phenols is 1. The molecule has 0 unspecified atom stereocenters. The third kappa shape index (κ3) is 3.41. The third-order valence-electron chi connectivity index (χ3n) is 4.32. The van der Waals surface area contributed by atoms with Crippen molar-refractivity contribution in [3.8, 4) is 11.4 Å². The third-order valence-corrected chi connectivity index (χ3v) is 4.32. The first kappa shape index (κ1) is 15.5. The fourth-order valence-electron chi connectivity index (χ4n) is 2.95. The summed E-state index contributed by atoms with van der Waals surface area (Å²) in [6, 6.07) is 5.49. The van der Waals surface area contributed by atoms with Crippen LogP contribution in [0.5, 0.6) is 5.75 Å². The van der Waals surface area contributed by atoms with Crippen LogP contribution in [-0.2, 0) is 0 Å². The number of hydrogen-bond acceptors (Lipinski definition) is 6. The van der Waals surface area contributed by atoms with Crippen LogP contribution in [0, 0.1) is 0 Å². The molecular weight excluding hydrogens is 316 g/mol. The van der Waals surface area contributed by atoms with Gasteiger partial charge in [-0.1, -0.05) is 5.57 Å². The molecule has 128 valence electrons. The number of nitrogens with zero attached hydrogens (tertiary/aromatic N) is 3. The van der Waals surface area contributed by atoms with Gasteiger partial charge in [-0.15, -0.1) is 0 Å². The molecule has 2 aliphatic heterocycles. The zero-order valence-electron chi connectivity index (χ0n) is 13.7. The van der Waals surface area contributed by atoms with E-state index in [1.54, 1.807) is 24.8 Å². The predicted molar refractivity (Wildman–Crippen MR) is 97.1 cm³/mol. The number of aromatic hydroxyl groups is 1. The smallest absolute Gasteiger partial charge is 0.144 e. The van der Waals surface area contributed by atoms with Crippen LogP contribution in [0.15, 0.2) is 59.8 Å². The van der Waals surface area contributed by atoms with E-state index in [0.29, 0.717) is 5.56 Å². The summed E-state index contributed by atoms with van der Waals surface area (Å²) in [6.45, 7) is 2.04. The Balaban J connectivity index is 1.54. The average molecular weight is 336 g/mol. The Morgan fingerprint density at radius 3 is 2.72 bits per heavy atom. The highest BCUT2D eigenvalue weighted by Crippen LogP contribution is 2.27. The summed E-state index contributed by atoms with van der Waals surface area (Å²) < 4.78 is 1.84. The topological polar surface area (TPSA) is 86.5 Å². The van der Waals surface area contributed by atoms with Crippen molar-refractivity contribution in [2.24, 2.45) is 4.99 Å². The van der Waals surface area contributed by atoms with Gasteiger partial charge in [0.25, 0.3) is 0 Å². The Morgan fingerprint density at radius 1 is 1.16 bits per heavy atom. The largest absolute Gasteiger partial charge is 0.507 e. The number of aromatic nitrogens is 2. The van der Waals surface area contributed by atoms with Crippen molar-refractivity contribution < 1.29 is 5.11 Å². The molecule has 4 N–H and O–H groups in total. The SMILES string of the molecule is Oc1cc(-n2ccnc2)ccc1C1=CN=C(C=C2CCNCC2)NN1. The van der Waals surface area contributed by atoms with Crippen LogP contribution in [0.2, 0.25) is 0 Å². The van der Waals surface area contributed by atoms with Crippen LogP contribution in [-0.4, -0.2) is 33.6 Å². The summed E-state index contributed by atoms with van der Waals surface area (Å²) in [5.41, 5.74) is 9.85. The van der Waals surface area contributed by atoms with E-state index in [1.165, 1.54) is 5.57 Å². The van der Waals surface area contributed by atoms with Crippen molar-refractivity contribution in [3.63, 3.8) is 0 Å². The minimum absolute atomic E-state index is 0.183. The van der Waals surface area contributed by atoms with Crippen molar-refractivity contribution in [2.45, 2.75) is 12.8 Å². The van der Waals surface area contributed by atoms with Crippen LogP contribution >= 0.6 is 0 Å². The van der Waals surface area contributed by atoms with Crippen LogP contribution in [0.1, 0.15) is 18.4 Å². The summed E-state index contributed by atoms with van der Waals surface area (Å²) in [4.78, 5) is 8.47. The predicted octanol–water partition coefficient (Wildman–Crippen LogP) is 1.69. The summed E-state index contributed by atoms with van der Waals surface area (Å²) in [5.74, 6) is 0.970. The molecule has 0 aliphatic carbocycles. The van der Waals surface area contributed by atoms with Gasteiger partial charge in [-0.2, -0.15) is 0 Å². The Kier molecular flexibility index (Phi) is 4.22. The minimum Gasteiger partial charge on any atom is -0.507 e. The van der Waals surface area contributed by atoms with E-state index in [0.717, 1.165) is 43.2 Å². The lowest BCUT2D eigenvalue weighted by atomic mass is 10.1. The molecule has 7 nitrogen and oxygen atoms in total. The second-order valence-electron chi connectivity index (χ2n) is 6.03. The van der Waals surface area contributed by atoms with Crippen molar-refractivity contribution in [1.29, 1.82) is 0 Å². The number of imidazole rings is 1. The van der Waals surface area contributed by atoms with Gasteiger partial charge in [0.2, 0.25) is 0 Å². The normalized spacial score (nSPS) is 17.2. The zero-order chi connectivity index (χ0) is 17.1. The van der Waals surface area contributed by atoms with Crippen LogP contribution < -0.4 is 16.2 Å². The molecule has 7 heteroatoms. The Morgan fingerprint density at radius 2 is 2.04 bits per heavy atom. The van der Waals surface area contributed by atoms with Crippen molar-refractivity contribution in [1.82, 2.24) is 25.7 Å². The van der Waals surface area contributed by atoms with E-state index in [2.05, 4.69) is 32.2 Å². The molecule has 2 aliphatic rings. The van der Waals surface area contributed by atoms with E-state index in [9.17, 15) is 5.11 Å². The van der Waals surface area contributed by atoms with E-state index >= 15 is 0 Å². The van der Waals surface area contributed by atoms with Gasteiger partial charge in [-0.05, 0) is 44.1 Å². The first-order valence-corrected chi connectivity index (χ1v) is 8.31. The van der Waals surface area contributed by atoms with Gasteiger partial charge >= 0.3 is 0 Å². The Bertz CT molecular complexity index is 842. The number of nitrogens with one attached hydrogen (secondary N) is 3. The molecule has 1 aromatic heterocycles. The molecule has 2 aromatic rings. The Labute approximate surface area is 145 Å². The van der Waals surface area contributed by atoms with Gasteiger partial charge in [-0.25, -0.2) is 9.98 Å². The number of aliphatic imine (C=N–C) groups is 1. The molecule has 0 radical (unpaired) electrons. The lowest BCUT2D eigenvalue weighted by molar-refractivity contribution is 0.472. The first-order chi connectivity index (χ1) is 12.3. The molecule has 4 rings (SSSR count). The summed E-state index contributed by atoms with van der Waals surface area (Å²) in [6.07, 6.45) is 11.1. The van der Waals surface area contributed by atoms with Crippen molar-refractivity contribution in [2.75, 3.05) is 13.1 Å². The molecule has 0 bridgehead atoms. The molecular formula is C18H20N6O. The molecule has 0 spiro atoms. The quantitative estimate of drug-likeness (QED) is 0.685. The Hall–Kier alpha value is -3.06. The monoisotopic (exact) mass is 336 g/mol. The highest BCUT2D eigenvalue weighted by atomic mass is 16.3. The van der Waals surface area contributed by atoms with E-state index in [4.69, 9.17) is 0 Å². The second-order valence-corrected chi connectivity index (χ2v) is 6.03. The van der Waals surface area contributed by atoms with Crippen LogP contribution in [0.4, 0.5) is 0 Å². The van der Waals surface area contributed by atoms with Crippen molar-refractivity contribution in [3.05, 3.63) is 60.3 Å². The number of rotatable bonds is 3. The second kappa shape index (κ2) is 6.82. The molecule has 1 aromatic carbocycles. The number of hydrazine groups is 1. The number of hydrogen-bond donors (Lipinski definition) is 4. The fourth-order valence-corrected chi connectivity index (χ4v) is 2.95. The van der Waals surface area contributed by atoms with Crippen LogP contribution in [0.25, 0.3) is 11.4 Å². The molecule has 0 saturated carbocycles. The minimum atomic E-state index is 0.183. The fraction of sp³-hybridized carbons (Fsp3) is 0.222. The molecule has 25 heavy (non-hydrogen) atoms. The molecule has 0 amide bonds. The summed E-state index contributed by atoms with van der Waals surface area (Å²) in [7, 11) is 0. The number of benzene rings is 1. The maximum atomic E-state index is 10.4. The number of phenolic OH excluding ortho intramolecular Hbond substituents is 1. The molecule has 3 heterocycles. The van der Waals surface area contributed by atoms with Gasteiger partial charge < -0.3 is 15.0 Å². The van der Waals surface area contributed by atoms with Crippen molar-refractivity contribution >= 4 is 11.5 Å². The molecule has 0 atom stereocenters. The van der Waals surface area contributed by atoms with Gasteiger partial charge in [-0.3, -0.25) is 10.9 Å². The van der Waals surface area contributed by atoms with Gasteiger partial charge in [0, 0.05) is 24.0 Å². The van der Waals surface area contributed by atoms with Gasteiger partial charge in [0.1, 0.15) is 11.6 Å². The zero-order valence-corrected chi connectivity index (χ0v) is 13.7. The average Bonchev–Trinajstić information content (AvgIpc) is 3.18. The number of piperidine rings is 1. The van der Waals surface area contributed by atoms with Gasteiger partial charge in [0.15, 0.2) is 0 Å². The maximum Gasteiger partial charge on any atom is 0.144 e. The molecule has 1 saturated heterocycles. The highest BCUT2D eigenvalue weighted by Gasteiger charge is 2.13. The standard InChI is InChI=1S/C18H20N6O/c25-17-10-14(24-8-7-20-12-24)1-2-15(17)16-11-21-18(23-22-16)9-13-3-5-19-6-4-13/h1-2,7-12,19,22,25H,3-6H2,(H,21,23). The maximum absolute atomic E-state index is 10.4. The van der Waals surface area contributed by atoms with Crippen LogP contribution in [0.3, 0.4) is 0 Å². The molecule has 1 fully saturated rings. The lowest BCUT2D eigenvalue weighted by Crippen LogP contribution is -2.38. The number of amidine groups is 1. The van der Waals surface area contributed by atoms with Gasteiger partial charge in [0.05, 0.1) is 23.9 Å².